The number of hydrogen-bond donors (Lipinski definition) is 4. The first-order valence-electron chi connectivity index (χ1n) is 20.3. The average Bonchev–Trinajstić information content (AvgIpc) is 3.41. The summed E-state index contributed by atoms with van der Waals surface area (Å²) >= 11 is 0. The molecule has 5 atom stereocenters. The van der Waals surface area contributed by atoms with Crippen LogP contribution in [0, 0.1) is 11.8 Å². The Balaban J connectivity index is 2.33. The Morgan fingerprint density at radius 2 is 1.40 bits per heavy atom. The second kappa shape index (κ2) is 32.2. The molecule has 0 aliphatic heterocycles. The van der Waals surface area contributed by atoms with Crippen molar-refractivity contribution in [1.82, 2.24) is 0 Å². The molecule has 0 spiro atoms. The summed E-state index contributed by atoms with van der Waals surface area (Å²) in [7, 11) is -4.84. The lowest BCUT2D eigenvalue weighted by molar-refractivity contribution is -0.161. The summed E-state index contributed by atoms with van der Waals surface area (Å²) in [6, 6.07) is 0. The summed E-state index contributed by atoms with van der Waals surface area (Å²) < 4.78 is 26.3. The Morgan fingerprint density at radius 3 is 2.07 bits per heavy atom. The lowest BCUT2D eigenvalue weighted by Crippen LogP contribution is -2.29. The first kappa shape index (κ1) is 50.1. The second-order valence-corrected chi connectivity index (χ2v) is 15.2. The number of aliphatic hydroxyl groups is 2. The summed E-state index contributed by atoms with van der Waals surface area (Å²) in [4.78, 5) is 55.5. The maximum Gasteiger partial charge on any atom is 0.469 e. The van der Waals surface area contributed by atoms with E-state index in [0.717, 1.165) is 70.6 Å². The number of ether oxygens (including phenoxy) is 2. The molecule has 1 aliphatic carbocycles. The largest absolute Gasteiger partial charge is 0.469 e. The first-order valence-corrected chi connectivity index (χ1v) is 21.9. The van der Waals surface area contributed by atoms with Crippen molar-refractivity contribution in [3.8, 4) is 0 Å². The number of phosphoric acid groups is 1. The van der Waals surface area contributed by atoms with Gasteiger partial charge in [0.2, 0.25) is 0 Å². The zero-order valence-corrected chi connectivity index (χ0v) is 34.2. The van der Waals surface area contributed by atoms with Gasteiger partial charge in [0, 0.05) is 31.1 Å². The van der Waals surface area contributed by atoms with Crippen LogP contribution >= 0.6 is 7.82 Å². The molecule has 312 valence electrons. The van der Waals surface area contributed by atoms with Gasteiger partial charge < -0.3 is 29.5 Å². The monoisotopic (exact) mass is 792 g/mol. The molecule has 0 saturated heterocycles. The zero-order chi connectivity index (χ0) is 40.6. The van der Waals surface area contributed by atoms with Crippen LogP contribution in [0.25, 0.3) is 0 Å². The molecule has 0 aromatic heterocycles. The molecular formula is C43H69O11P. The SMILES string of the molecule is CC/C=C\C/C=C\C/C=C\C/C=C\CCCCCCC(=O)OC[C@H](COP(=O)(O)O)OC(=O)CCC/C=C\C[C@H]1[C@@H](O)CC(=O)[C@@H]1/C=C/[C@@H](O)CCCCC. The van der Waals surface area contributed by atoms with E-state index >= 15 is 0 Å². The minimum Gasteiger partial charge on any atom is -0.462 e. The lowest BCUT2D eigenvalue weighted by atomic mass is 9.90. The van der Waals surface area contributed by atoms with Gasteiger partial charge in [0.1, 0.15) is 12.4 Å². The van der Waals surface area contributed by atoms with Crippen LogP contribution in [0.1, 0.15) is 136 Å². The van der Waals surface area contributed by atoms with Crippen LogP contribution in [0.15, 0.2) is 72.9 Å². The van der Waals surface area contributed by atoms with Crippen LogP contribution in [0.2, 0.25) is 0 Å². The number of esters is 2. The van der Waals surface area contributed by atoms with Gasteiger partial charge >= 0.3 is 19.8 Å². The Morgan fingerprint density at radius 1 is 0.782 bits per heavy atom. The van der Waals surface area contributed by atoms with E-state index in [2.05, 4.69) is 67.0 Å². The molecule has 0 amide bonds. The van der Waals surface area contributed by atoms with Crippen molar-refractivity contribution < 1.29 is 52.9 Å². The molecule has 55 heavy (non-hydrogen) atoms. The van der Waals surface area contributed by atoms with Gasteiger partial charge in [0.05, 0.1) is 18.8 Å². The van der Waals surface area contributed by atoms with Crippen LogP contribution in [-0.4, -0.2) is 69.2 Å². The van der Waals surface area contributed by atoms with E-state index in [0.29, 0.717) is 32.1 Å². The molecule has 0 radical (unpaired) electrons. The number of Topliss-reactive ketones (excluding diaryl/α,β-unsaturated/α-hetero) is 1. The molecule has 1 aliphatic rings. The van der Waals surface area contributed by atoms with E-state index in [1.54, 1.807) is 12.2 Å². The van der Waals surface area contributed by atoms with Crippen molar-refractivity contribution in [2.75, 3.05) is 13.2 Å². The van der Waals surface area contributed by atoms with Crippen molar-refractivity contribution in [2.45, 2.75) is 154 Å². The molecular weight excluding hydrogens is 723 g/mol. The van der Waals surface area contributed by atoms with Gasteiger partial charge in [-0.1, -0.05) is 119 Å². The summed E-state index contributed by atoms with van der Waals surface area (Å²) in [6.45, 7) is 3.20. The summed E-state index contributed by atoms with van der Waals surface area (Å²) in [5, 5.41) is 20.6. The highest BCUT2D eigenvalue weighted by Gasteiger charge is 2.39. The predicted octanol–water partition coefficient (Wildman–Crippen LogP) is 8.88. The van der Waals surface area contributed by atoms with Gasteiger partial charge in [-0.25, -0.2) is 4.57 Å². The molecule has 0 unspecified atom stereocenters. The molecule has 1 rings (SSSR count). The Kier molecular flexibility index (Phi) is 29.3. The summed E-state index contributed by atoms with van der Waals surface area (Å²) in [5.41, 5.74) is 0. The van der Waals surface area contributed by atoms with Crippen LogP contribution in [0.4, 0.5) is 0 Å². The normalized spacial score (nSPS) is 19.3. The smallest absolute Gasteiger partial charge is 0.462 e. The quantitative estimate of drug-likeness (QED) is 0.0221. The minimum absolute atomic E-state index is 0.0113. The Labute approximate surface area is 329 Å². The Bertz CT molecular complexity index is 1280. The molecule has 0 aromatic carbocycles. The summed E-state index contributed by atoms with van der Waals surface area (Å²) in [5.74, 6) is -1.90. The highest BCUT2D eigenvalue weighted by Crippen LogP contribution is 2.36. The number of carbonyl (C=O) groups excluding carboxylic acids is 3. The lowest BCUT2D eigenvalue weighted by Gasteiger charge is -2.18. The van der Waals surface area contributed by atoms with Gasteiger partial charge in [-0.3, -0.25) is 18.9 Å². The van der Waals surface area contributed by atoms with Gasteiger partial charge in [0.15, 0.2) is 6.10 Å². The molecule has 12 heteroatoms. The van der Waals surface area contributed by atoms with E-state index in [1.165, 1.54) is 0 Å². The van der Waals surface area contributed by atoms with Crippen LogP contribution in [0.3, 0.4) is 0 Å². The third-order valence-electron chi connectivity index (χ3n) is 9.09. The van der Waals surface area contributed by atoms with E-state index < -0.39 is 50.6 Å². The molecule has 1 fully saturated rings. The third-order valence-corrected chi connectivity index (χ3v) is 9.57. The third kappa shape index (κ3) is 28.2. The van der Waals surface area contributed by atoms with E-state index in [-0.39, 0.29) is 37.6 Å². The van der Waals surface area contributed by atoms with Crippen molar-refractivity contribution >= 4 is 25.5 Å². The van der Waals surface area contributed by atoms with Crippen molar-refractivity contribution in [2.24, 2.45) is 11.8 Å². The van der Waals surface area contributed by atoms with E-state index in [4.69, 9.17) is 19.3 Å². The fourth-order valence-electron chi connectivity index (χ4n) is 5.99. The average molecular weight is 793 g/mol. The van der Waals surface area contributed by atoms with Gasteiger partial charge in [0.25, 0.3) is 0 Å². The number of hydrogen-bond acceptors (Lipinski definition) is 9. The number of aliphatic hydroxyl groups excluding tert-OH is 2. The fourth-order valence-corrected chi connectivity index (χ4v) is 6.35. The molecule has 11 nitrogen and oxygen atoms in total. The highest BCUT2D eigenvalue weighted by molar-refractivity contribution is 7.46. The predicted molar refractivity (Wildman–Crippen MR) is 217 cm³/mol. The molecule has 1 saturated carbocycles. The van der Waals surface area contributed by atoms with E-state index in [9.17, 15) is 29.2 Å². The second-order valence-electron chi connectivity index (χ2n) is 14.0. The first-order chi connectivity index (χ1) is 26.5. The van der Waals surface area contributed by atoms with Crippen LogP contribution in [0.5, 0.6) is 0 Å². The molecule has 0 bridgehead atoms. The zero-order valence-electron chi connectivity index (χ0n) is 33.3. The molecule has 0 aromatic rings. The maximum atomic E-state index is 12.5. The van der Waals surface area contributed by atoms with Crippen molar-refractivity contribution in [3.63, 3.8) is 0 Å². The van der Waals surface area contributed by atoms with E-state index in [1.807, 2.05) is 12.2 Å². The number of carbonyl (C=O) groups is 3. The van der Waals surface area contributed by atoms with Crippen molar-refractivity contribution in [3.05, 3.63) is 72.9 Å². The maximum absolute atomic E-state index is 12.5. The van der Waals surface area contributed by atoms with Crippen molar-refractivity contribution in [1.29, 1.82) is 0 Å². The number of rotatable bonds is 32. The topological polar surface area (TPSA) is 177 Å². The molecule has 0 heterocycles. The fraction of sp³-hybridized carbons (Fsp3) is 0.651. The number of unbranched alkanes of at least 4 members (excludes halogenated alkanes) is 7. The van der Waals surface area contributed by atoms with Gasteiger partial charge in [-0.2, -0.15) is 0 Å². The molecule has 4 N–H and O–H groups in total. The van der Waals surface area contributed by atoms with Gasteiger partial charge in [-0.05, 0) is 70.6 Å². The standard InChI is InChI=1S/C43H69O11P/c1-3-5-7-8-9-10-11-12-13-14-15-16-17-18-19-20-25-29-42(47)52-34-37(35-53-55(49,50)51)54-43(48)30-26-22-21-24-28-38-39(41(46)33-40(38)45)32-31-36(44)27-23-6-4-2/h5,7,9-10,12-13,15-16,21,24,31-32,36-40,44-45H,3-4,6,8,11,14,17-20,22-23,25-30,33-35H2,1-2H3,(H2,49,50,51)/b7-5-,10-9-,13-12-,16-15-,24-21-,32-31+/t36-,37+,38+,39+,40-/m0/s1. The summed E-state index contributed by atoms with van der Waals surface area (Å²) in [6.07, 6.45) is 35.6. The van der Waals surface area contributed by atoms with Crippen LogP contribution in [-0.2, 0) is 32.9 Å². The Hall–Kier alpha value is -2.92. The number of phosphoric ester groups is 1. The van der Waals surface area contributed by atoms with Gasteiger partial charge in [-0.15, -0.1) is 0 Å². The number of ketones is 1. The minimum atomic E-state index is -4.84. The number of allylic oxidation sites excluding steroid dienone is 11. The highest BCUT2D eigenvalue weighted by atomic mass is 31.2. The van der Waals surface area contributed by atoms with Crippen LogP contribution < -0.4 is 0 Å².